The molecule has 0 spiro atoms. The maximum absolute atomic E-state index is 12.3. The van der Waals surface area contributed by atoms with Crippen molar-refractivity contribution in [1.29, 1.82) is 0 Å². The molecule has 0 aliphatic rings. The molecule has 126 valence electrons. The molecular weight excluding hydrogens is 344 g/mol. The summed E-state index contributed by atoms with van der Waals surface area (Å²) < 4.78 is 0. The fourth-order valence-corrected chi connectivity index (χ4v) is 3.28. The Kier molecular flexibility index (Phi) is 4.49. The zero-order valence-corrected chi connectivity index (χ0v) is 14.5. The van der Waals surface area contributed by atoms with Gasteiger partial charge in [0, 0.05) is 40.8 Å². The number of hydrogen-bond donors (Lipinski definition) is 1. The minimum absolute atomic E-state index is 0.169. The van der Waals surface area contributed by atoms with Gasteiger partial charge < -0.3 is 5.32 Å². The minimum Gasteiger partial charge on any atom is -0.322 e. The van der Waals surface area contributed by atoms with Crippen LogP contribution in [0.5, 0.6) is 0 Å². The lowest BCUT2D eigenvalue weighted by Crippen LogP contribution is -2.11. The average molecular weight is 358 g/mol. The number of thiazole rings is 1. The summed E-state index contributed by atoms with van der Waals surface area (Å²) in [5.41, 5.74) is 3.94. The highest BCUT2D eigenvalue weighted by Crippen LogP contribution is 2.29. The summed E-state index contributed by atoms with van der Waals surface area (Å²) in [5.74, 6) is -0.169. The number of anilines is 1. The molecule has 3 aromatic heterocycles. The summed E-state index contributed by atoms with van der Waals surface area (Å²) >= 11 is 1.55. The number of hydrogen-bond acceptors (Lipinski definition) is 5. The predicted octanol–water partition coefficient (Wildman–Crippen LogP) is 4.52. The molecule has 0 unspecified atom stereocenters. The van der Waals surface area contributed by atoms with Crippen LogP contribution in [0.3, 0.4) is 0 Å². The van der Waals surface area contributed by atoms with Crippen LogP contribution in [-0.4, -0.2) is 20.9 Å². The van der Waals surface area contributed by atoms with Gasteiger partial charge in [0.25, 0.3) is 5.91 Å². The third-order valence-electron chi connectivity index (χ3n) is 3.75. The Labute approximate surface area is 154 Å². The van der Waals surface area contributed by atoms with Gasteiger partial charge >= 0.3 is 0 Å². The molecular formula is C20H14N4OS. The Morgan fingerprint density at radius 1 is 0.923 bits per heavy atom. The quantitative estimate of drug-likeness (QED) is 0.582. The molecule has 0 radical (unpaired) electrons. The molecule has 0 aliphatic heterocycles. The lowest BCUT2D eigenvalue weighted by atomic mass is 10.1. The number of carbonyl (C=O) groups excluding carboxylic acids is 1. The lowest BCUT2D eigenvalue weighted by Gasteiger charge is -2.06. The molecule has 1 amide bonds. The summed E-state index contributed by atoms with van der Waals surface area (Å²) in [7, 11) is 0. The molecule has 3 heterocycles. The fraction of sp³-hybridized carbons (Fsp3) is 0. The van der Waals surface area contributed by atoms with E-state index in [-0.39, 0.29) is 5.91 Å². The molecule has 0 fully saturated rings. The van der Waals surface area contributed by atoms with E-state index in [1.165, 1.54) is 0 Å². The summed E-state index contributed by atoms with van der Waals surface area (Å²) in [5, 5.41) is 5.76. The van der Waals surface area contributed by atoms with E-state index in [1.807, 2.05) is 47.8 Å². The van der Waals surface area contributed by atoms with Crippen LogP contribution < -0.4 is 5.32 Å². The molecule has 0 atom stereocenters. The average Bonchev–Trinajstić information content (AvgIpc) is 3.20. The molecule has 26 heavy (non-hydrogen) atoms. The van der Waals surface area contributed by atoms with Gasteiger partial charge in [0.2, 0.25) is 0 Å². The highest BCUT2D eigenvalue weighted by atomic mass is 32.1. The van der Waals surface area contributed by atoms with E-state index in [4.69, 9.17) is 0 Å². The van der Waals surface area contributed by atoms with E-state index in [9.17, 15) is 4.79 Å². The first kappa shape index (κ1) is 16.1. The summed E-state index contributed by atoms with van der Waals surface area (Å²) in [6, 6.07) is 16.8. The van der Waals surface area contributed by atoms with E-state index in [1.54, 1.807) is 42.1 Å². The second kappa shape index (κ2) is 7.25. The van der Waals surface area contributed by atoms with E-state index in [2.05, 4.69) is 20.3 Å². The van der Waals surface area contributed by atoms with Crippen LogP contribution in [0.1, 0.15) is 10.4 Å². The lowest BCUT2D eigenvalue weighted by molar-refractivity contribution is 0.102. The molecule has 1 aromatic carbocycles. The highest BCUT2D eigenvalue weighted by molar-refractivity contribution is 7.13. The number of nitrogens with zero attached hydrogens (tertiary/aromatic N) is 3. The Morgan fingerprint density at radius 2 is 1.81 bits per heavy atom. The second-order valence-corrected chi connectivity index (χ2v) is 6.38. The van der Waals surface area contributed by atoms with Crippen molar-refractivity contribution in [2.24, 2.45) is 0 Å². The predicted molar refractivity (Wildman–Crippen MR) is 103 cm³/mol. The second-order valence-electron chi connectivity index (χ2n) is 5.52. The van der Waals surface area contributed by atoms with Gasteiger partial charge in [0.05, 0.1) is 11.4 Å². The molecule has 6 heteroatoms. The molecule has 1 N–H and O–H groups in total. The number of aromatic nitrogens is 3. The Bertz CT molecular complexity index is 1030. The van der Waals surface area contributed by atoms with Crippen molar-refractivity contribution in [1.82, 2.24) is 15.0 Å². The van der Waals surface area contributed by atoms with E-state index in [0.29, 0.717) is 5.56 Å². The van der Waals surface area contributed by atoms with E-state index < -0.39 is 0 Å². The molecule has 5 nitrogen and oxygen atoms in total. The molecule has 0 saturated heterocycles. The zero-order chi connectivity index (χ0) is 17.8. The third kappa shape index (κ3) is 3.50. The van der Waals surface area contributed by atoms with Crippen LogP contribution in [0.15, 0.2) is 78.6 Å². The van der Waals surface area contributed by atoms with Crippen LogP contribution in [0.25, 0.3) is 22.0 Å². The normalized spacial score (nSPS) is 10.5. The van der Waals surface area contributed by atoms with Gasteiger partial charge in [-0.05, 0) is 36.4 Å². The van der Waals surface area contributed by atoms with Crippen molar-refractivity contribution >= 4 is 22.9 Å². The molecule has 0 bridgehead atoms. The van der Waals surface area contributed by atoms with Crippen molar-refractivity contribution in [2.75, 3.05) is 5.32 Å². The van der Waals surface area contributed by atoms with Crippen LogP contribution in [0.4, 0.5) is 5.69 Å². The van der Waals surface area contributed by atoms with Crippen LogP contribution in [0.2, 0.25) is 0 Å². The van der Waals surface area contributed by atoms with Crippen molar-refractivity contribution in [3.05, 3.63) is 84.1 Å². The maximum Gasteiger partial charge on any atom is 0.255 e. The van der Waals surface area contributed by atoms with Crippen molar-refractivity contribution < 1.29 is 4.79 Å². The van der Waals surface area contributed by atoms with Crippen molar-refractivity contribution in [3.8, 4) is 22.0 Å². The first-order valence-electron chi connectivity index (χ1n) is 7.98. The van der Waals surface area contributed by atoms with Gasteiger partial charge in [-0.25, -0.2) is 4.98 Å². The van der Waals surface area contributed by atoms with Crippen LogP contribution in [0, 0.1) is 0 Å². The van der Waals surface area contributed by atoms with Crippen LogP contribution >= 0.6 is 11.3 Å². The number of rotatable bonds is 4. The monoisotopic (exact) mass is 358 g/mol. The Balaban J connectivity index is 1.57. The Morgan fingerprint density at radius 3 is 2.62 bits per heavy atom. The topological polar surface area (TPSA) is 67.8 Å². The standard InChI is InChI=1S/C20H14N4OS/c25-19(14-7-10-21-11-8-14)23-16-5-3-4-15(12-16)18-13-26-20(24-18)17-6-1-2-9-22-17/h1-13H,(H,23,25). The first-order valence-corrected chi connectivity index (χ1v) is 8.86. The highest BCUT2D eigenvalue weighted by Gasteiger charge is 2.09. The van der Waals surface area contributed by atoms with Gasteiger partial charge in [0.1, 0.15) is 5.01 Å². The largest absolute Gasteiger partial charge is 0.322 e. The summed E-state index contributed by atoms with van der Waals surface area (Å²) in [6.45, 7) is 0. The molecule has 4 rings (SSSR count). The van der Waals surface area contributed by atoms with E-state index >= 15 is 0 Å². The minimum atomic E-state index is -0.169. The van der Waals surface area contributed by atoms with Crippen molar-refractivity contribution in [3.63, 3.8) is 0 Å². The third-order valence-corrected chi connectivity index (χ3v) is 4.61. The van der Waals surface area contributed by atoms with Crippen LogP contribution in [-0.2, 0) is 0 Å². The number of nitrogens with one attached hydrogen (secondary N) is 1. The zero-order valence-electron chi connectivity index (χ0n) is 13.7. The Hall–Kier alpha value is -3.38. The van der Waals surface area contributed by atoms with E-state index in [0.717, 1.165) is 27.6 Å². The SMILES string of the molecule is O=C(Nc1cccc(-c2csc(-c3ccccn3)n2)c1)c1ccncc1. The van der Waals surface area contributed by atoms with Gasteiger partial charge in [-0.15, -0.1) is 11.3 Å². The molecule has 4 aromatic rings. The number of carbonyl (C=O) groups is 1. The number of benzene rings is 1. The number of pyridine rings is 2. The summed E-state index contributed by atoms with van der Waals surface area (Å²) in [4.78, 5) is 25.2. The molecule has 0 saturated carbocycles. The van der Waals surface area contributed by atoms with Gasteiger partial charge in [-0.3, -0.25) is 14.8 Å². The molecule has 0 aliphatic carbocycles. The van der Waals surface area contributed by atoms with Gasteiger partial charge in [0.15, 0.2) is 0 Å². The maximum atomic E-state index is 12.3. The fourth-order valence-electron chi connectivity index (χ4n) is 2.48. The van der Waals surface area contributed by atoms with Crippen molar-refractivity contribution in [2.45, 2.75) is 0 Å². The first-order chi connectivity index (χ1) is 12.8. The summed E-state index contributed by atoms with van der Waals surface area (Å²) in [6.07, 6.45) is 4.95. The smallest absolute Gasteiger partial charge is 0.255 e. The van der Waals surface area contributed by atoms with Gasteiger partial charge in [-0.1, -0.05) is 18.2 Å². The number of amides is 1. The van der Waals surface area contributed by atoms with Gasteiger partial charge in [-0.2, -0.15) is 0 Å².